The van der Waals surface area contributed by atoms with Crippen molar-refractivity contribution in [2.24, 2.45) is 0 Å². The van der Waals surface area contributed by atoms with Crippen molar-refractivity contribution in [3.05, 3.63) is 67.0 Å². The van der Waals surface area contributed by atoms with E-state index in [9.17, 15) is 0 Å². The van der Waals surface area contributed by atoms with Crippen molar-refractivity contribution in [1.29, 1.82) is 0 Å². The maximum Gasteiger partial charge on any atom is 0.163 e. The second kappa shape index (κ2) is 6.80. The molecule has 2 heterocycles. The Balaban J connectivity index is 1.89. The first-order chi connectivity index (χ1) is 12.8. The summed E-state index contributed by atoms with van der Waals surface area (Å²) in [7, 11) is 3.55. The molecule has 4 aromatic rings. The van der Waals surface area contributed by atoms with Gasteiger partial charge in [0.25, 0.3) is 0 Å². The van der Waals surface area contributed by atoms with Crippen molar-refractivity contribution in [3.8, 4) is 28.3 Å². The van der Waals surface area contributed by atoms with E-state index < -0.39 is 0 Å². The van der Waals surface area contributed by atoms with Gasteiger partial charge in [-0.05, 0) is 35.9 Å². The molecule has 2 aromatic heterocycles. The highest BCUT2D eigenvalue weighted by Gasteiger charge is 2.11. The van der Waals surface area contributed by atoms with Crippen LogP contribution in [-0.2, 0) is 0 Å². The molecule has 0 aliphatic carbocycles. The van der Waals surface area contributed by atoms with E-state index in [0.717, 1.165) is 39.2 Å². The number of para-hydroxylation sites is 1. The topological polar surface area (TPSA) is 59.9 Å². The minimum absolute atomic E-state index is 0.653. The number of rotatable bonds is 4. The molecule has 0 spiro atoms. The molecule has 4 rings (SSSR count). The molecule has 0 aliphatic heterocycles. The molecule has 0 unspecified atom stereocenters. The summed E-state index contributed by atoms with van der Waals surface area (Å²) in [5, 5.41) is 4.15. The van der Waals surface area contributed by atoms with Crippen LogP contribution in [0.1, 0.15) is 0 Å². The molecule has 1 N–H and O–H groups in total. The number of benzene rings is 2. The quantitative estimate of drug-likeness (QED) is 0.595. The number of nitrogens with zero attached hydrogens (tertiary/aromatic N) is 3. The average molecular weight is 342 g/mol. The van der Waals surface area contributed by atoms with Gasteiger partial charge in [-0.15, -0.1) is 0 Å². The normalized spacial score (nSPS) is 10.7. The number of ether oxygens (including phenoxy) is 1. The molecule has 26 heavy (non-hydrogen) atoms. The van der Waals surface area contributed by atoms with Crippen LogP contribution in [0.4, 0.5) is 5.82 Å². The minimum atomic E-state index is 0.653. The summed E-state index contributed by atoms with van der Waals surface area (Å²) in [5.41, 5.74) is 3.86. The Morgan fingerprint density at radius 1 is 0.923 bits per heavy atom. The van der Waals surface area contributed by atoms with Crippen molar-refractivity contribution in [2.75, 3.05) is 19.5 Å². The largest absolute Gasteiger partial charge is 0.496 e. The number of anilines is 1. The number of hydrogen-bond acceptors (Lipinski definition) is 5. The molecule has 0 aliphatic rings. The van der Waals surface area contributed by atoms with Crippen molar-refractivity contribution >= 4 is 16.7 Å². The molecule has 0 fully saturated rings. The van der Waals surface area contributed by atoms with Crippen molar-refractivity contribution in [2.45, 2.75) is 0 Å². The maximum atomic E-state index is 5.49. The Labute approximate surface area is 151 Å². The average Bonchev–Trinajstić information content (AvgIpc) is 2.73. The van der Waals surface area contributed by atoms with E-state index in [4.69, 9.17) is 9.72 Å². The third-order valence-electron chi connectivity index (χ3n) is 4.27. The molecule has 0 atom stereocenters. The summed E-state index contributed by atoms with van der Waals surface area (Å²) >= 11 is 0. The van der Waals surface area contributed by atoms with E-state index in [1.165, 1.54) is 0 Å². The SMILES string of the molecule is CNc1nc(-c2cccnc2)nc2ccc(-c3ccccc3OC)cc12. The summed E-state index contributed by atoms with van der Waals surface area (Å²) in [6.45, 7) is 0. The molecule has 0 amide bonds. The first kappa shape index (κ1) is 16.0. The number of hydrogen-bond donors (Lipinski definition) is 1. The van der Waals surface area contributed by atoms with E-state index in [0.29, 0.717) is 5.82 Å². The van der Waals surface area contributed by atoms with E-state index in [1.54, 1.807) is 19.5 Å². The predicted octanol–water partition coefficient (Wildman–Crippen LogP) is 4.41. The molecule has 5 heteroatoms. The van der Waals surface area contributed by atoms with Gasteiger partial charge in [0.1, 0.15) is 11.6 Å². The van der Waals surface area contributed by atoms with Crippen LogP contribution >= 0.6 is 0 Å². The Kier molecular flexibility index (Phi) is 4.19. The summed E-state index contributed by atoms with van der Waals surface area (Å²) in [6, 6.07) is 18.0. The van der Waals surface area contributed by atoms with Crippen LogP contribution in [0.25, 0.3) is 33.4 Å². The van der Waals surface area contributed by atoms with Crippen molar-refractivity contribution in [1.82, 2.24) is 15.0 Å². The number of pyridine rings is 1. The molecule has 128 valence electrons. The second-order valence-electron chi connectivity index (χ2n) is 5.82. The smallest absolute Gasteiger partial charge is 0.163 e. The Morgan fingerprint density at radius 2 is 1.81 bits per heavy atom. The van der Waals surface area contributed by atoms with Gasteiger partial charge in [-0.2, -0.15) is 0 Å². The van der Waals surface area contributed by atoms with Gasteiger partial charge in [0.15, 0.2) is 5.82 Å². The Bertz CT molecular complexity index is 1060. The maximum absolute atomic E-state index is 5.49. The Morgan fingerprint density at radius 3 is 2.58 bits per heavy atom. The van der Waals surface area contributed by atoms with Crippen molar-refractivity contribution in [3.63, 3.8) is 0 Å². The van der Waals surface area contributed by atoms with Gasteiger partial charge in [-0.1, -0.05) is 24.3 Å². The second-order valence-corrected chi connectivity index (χ2v) is 5.82. The van der Waals surface area contributed by atoms with Crippen LogP contribution in [0, 0.1) is 0 Å². The first-order valence-corrected chi connectivity index (χ1v) is 8.33. The van der Waals surface area contributed by atoms with Crippen LogP contribution in [0.5, 0.6) is 5.75 Å². The fourth-order valence-electron chi connectivity index (χ4n) is 2.99. The fraction of sp³-hybridized carbons (Fsp3) is 0.0952. The van der Waals surface area contributed by atoms with Crippen LogP contribution in [0.2, 0.25) is 0 Å². The molecule has 0 saturated carbocycles. The van der Waals surface area contributed by atoms with Gasteiger partial charge in [0.2, 0.25) is 0 Å². The highest BCUT2D eigenvalue weighted by Crippen LogP contribution is 2.33. The lowest BCUT2D eigenvalue weighted by Crippen LogP contribution is -1.99. The van der Waals surface area contributed by atoms with Crippen LogP contribution in [0.3, 0.4) is 0 Å². The molecule has 0 radical (unpaired) electrons. The zero-order valence-corrected chi connectivity index (χ0v) is 14.6. The summed E-state index contributed by atoms with van der Waals surface area (Å²) in [4.78, 5) is 13.5. The van der Waals surface area contributed by atoms with Gasteiger partial charge in [-0.25, -0.2) is 9.97 Å². The third kappa shape index (κ3) is 2.84. The van der Waals surface area contributed by atoms with Gasteiger partial charge in [0.05, 0.1) is 12.6 Å². The zero-order valence-electron chi connectivity index (χ0n) is 14.6. The lowest BCUT2D eigenvalue weighted by molar-refractivity contribution is 0.416. The fourth-order valence-corrected chi connectivity index (χ4v) is 2.99. The monoisotopic (exact) mass is 342 g/mol. The summed E-state index contributed by atoms with van der Waals surface area (Å²) in [5.74, 6) is 2.27. The molecule has 0 bridgehead atoms. The van der Waals surface area contributed by atoms with E-state index in [1.807, 2.05) is 49.5 Å². The highest BCUT2D eigenvalue weighted by atomic mass is 16.5. The number of nitrogens with one attached hydrogen (secondary N) is 1. The van der Waals surface area contributed by atoms with Crippen molar-refractivity contribution < 1.29 is 4.74 Å². The Hall–Kier alpha value is -3.47. The molecular formula is C21H18N4O. The van der Waals surface area contributed by atoms with Crippen LogP contribution in [0.15, 0.2) is 67.0 Å². The number of aromatic nitrogens is 3. The highest BCUT2D eigenvalue weighted by molar-refractivity contribution is 5.94. The van der Waals surface area contributed by atoms with Crippen LogP contribution in [-0.4, -0.2) is 29.1 Å². The molecule has 0 saturated heterocycles. The van der Waals surface area contributed by atoms with E-state index >= 15 is 0 Å². The molecule has 2 aromatic carbocycles. The van der Waals surface area contributed by atoms with E-state index in [2.05, 4.69) is 27.4 Å². The van der Waals surface area contributed by atoms with E-state index in [-0.39, 0.29) is 0 Å². The molecular weight excluding hydrogens is 324 g/mol. The predicted molar refractivity (Wildman–Crippen MR) is 104 cm³/mol. The standard InChI is InChI=1S/C21H18N4O/c1-22-21-17-12-14(16-7-3-4-8-19(16)26-2)9-10-18(17)24-20(25-21)15-6-5-11-23-13-15/h3-13H,1-2H3,(H,22,24,25). The zero-order chi connectivity index (χ0) is 17.9. The van der Waals surface area contributed by atoms with Gasteiger partial charge in [-0.3, -0.25) is 4.98 Å². The van der Waals surface area contributed by atoms with Gasteiger partial charge < -0.3 is 10.1 Å². The number of methoxy groups -OCH3 is 1. The lowest BCUT2D eigenvalue weighted by Gasteiger charge is -2.12. The van der Waals surface area contributed by atoms with Crippen LogP contribution < -0.4 is 10.1 Å². The summed E-state index contributed by atoms with van der Waals surface area (Å²) in [6.07, 6.45) is 3.51. The first-order valence-electron chi connectivity index (χ1n) is 8.33. The lowest BCUT2D eigenvalue weighted by atomic mass is 10.0. The third-order valence-corrected chi connectivity index (χ3v) is 4.27. The summed E-state index contributed by atoms with van der Waals surface area (Å²) < 4.78 is 5.49. The van der Waals surface area contributed by atoms with Gasteiger partial charge in [0, 0.05) is 36.0 Å². The van der Waals surface area contributed by atoms with Gasteiger partial charge >= 0.3 is 0 Å². The minimum Gasteiger partial charge on any atom is -0.496 e. The molecule has 5 nitrogen and oxygen atoms in total. The number of fused-ring (bicyclic) bond motifs is 1.